The summed E-state index contributed by atoms with van der Waals surface area (Å²) in [6.45, 7) is 3.24. The fourth-order valence-electron chi connectivity index (χ4n) is 3.49. The summed E-state index contributed by atoms with van der Waals surface area (Å²) in [6, 6.07) is 13.6. The fourth-order valence-corrected chi connectivity index (χ4v) is 3.49. The van der Waals surface area contributed by atoms with Crippen molar-refractivity contribution < 1.29 is 0 Å². The van der Waals surface area contributed by atoms with Crippen molar-refractivity contribution in [1.82, 2.24) is 9.88 Å². The minimum Gasteiger partial charge on any atom is -0.347 e. The molecule has 1 fully saturated rings. The van der Waals surface area contributed by atoms with Crippen molar-refractivity contribution in [3.63, 3.8) is 0 Å². The average molecular weight is 346 g/mol. The summed E-state index contributed by atoms with van der Waals surface area (Å²) in [5, 5.41) is 0. The molecule has 0 N–H and O–H groups in total. The number of rotatable bonds is 0. The third-order valence-corrected chi connectivity index (χ3v) is 4.52. The molecule has 1 unspecified atom stereocenters. The number of fused-ring (bicyclic) bond motifs is 5. The fraction of sp³-hybridized carbons (Fsp3) is 0.353. The van der Waals surface area contributed by atoms with Crippen LogP contribution in [0.25, 0.3) is 0 Å². The number of pyridine rings is 1. The summed E-state index contributed by atoms with van der Waals surface area (Å²) < 4.78 is 0. The number of hydrogen-bond donors (Lipinski definition) is 0. The molecule has 2 aromatic rings. The molecule has 1 aromatic carbocycles. The molecule has 3 heterocycles. The molecule has 4 rings (SSSR count). The first-order chi connectivity index (χ1) is 9.83. The van der Waals surface area contributed by atoms with E-state index in [-0.39, 0.29) is 17.0 Å². The molecule has 0 saturated carbocycles. The van der Waals surface area contributed by atoms with Crippen LogP contribution in [0.15, 0.2) is 42.6 Å². The van der Waals surface area contributed by atoms with Crippen molar-refractivity contribution in [1.29, 1.82) is 0 Å². The number of nitrogens with zero attached hydrogens (tertiary/aromatic N) is 3. The number of likely N-dealkylation sites (N-methyl/N-ethyl adjacent to an activating group) is 1. The van der Waals surface area contributed by atoms with Gasteiger partial charge in [-0.05, 0) is 29.8 Å². The van der Waals surface area contributed by atoms with Gasteiger partial charge in [-0.1, -0.05) is 30.3 Å². The van der Waals surface area contributed by atoms with Gasteiger partial charge in [-0.15, -0.1) is 17.0 Å². The SMILES string of the molecule is Br.CN1CCN2c3ncccc3Cc3ccccc3C2C1. The minimum atomic E-state index is 0. The first kappa shape index (κ1) is 14.5. The molecular formula is C17H20BrN3. The topological polar surface area (TPSA) is 19.4 Å². The highest BCUT2D eigenvalue weighted by Gasteiger charge is 2.32. The number of benzene rings is 1. The Labute approximate surface area is 136 Å². The molecule has 0 aliphatic carbocycles. The van der Waals surface area contributed by atoms with Gasteiger partial charge in [0.1, 0.15) is 5.82 Å². The second kappa shape index (κ2) is 5.78. The Morgan fingerprint density at radius 2 is 1.86 bits per heavy atom. The second-order valence-electron chi connectivity index (χ2n) is 5.83. The van der Waals surface area contributed by atoms with E-state index < -0.39 is 0 Å². The molecule has 0 spiro atoms. The normalized spacial score (nSPS) is 20.6. The summed E-state index contributed by atoms with van der Waals surface area (Å²) in [5.41, 5.74) is 4.27. The van der Waals surface area contributed by atoms with E-state index in [0.29, 0.717) is 6.04 Å². The first-order valence-electron chi connectivity index (χ1n) is 7.30. The molecule has 1 atom stereocenters. The summed E-state index contributed by atoms with van der Waals surface area (Å²) in [4.78, 5) is 9.60. The van der Waals surface area contributed by atoms with Crippen molar-refractivity contribution in [2.75, 3.05) is 31.6 Å². The first-order valence-corrected chi connectivity index (χ1v) is 7.30. The summed E-state index contributed by atoms with van der Waals surface area (Å²) in [6.07, 6.45) is 2.92. The molecule has 0 radical (unpaired) electrons. The van der Waals surface area contributed by atoms with E-state index in [1.54, 1.807) is 0 Å². The Morgan fingerprint density at radius 3 is 2.76 bits per heavy atom. The summed E-state index contributed by atoms with van der Waals surface area (Å²) in [7, 11) is 2.21. The number of piperazine rings is 1. The molecule has 110 valence electrons. The smallest absolute Gasteiger partial charge is 0.132 e. The zero-order valence-electron chi connectivity index (χ0n) is 12.2. The number of anilines is 1. The van der Waals surface area contributed by atoms with Crippen LogP contribution in [0.2, 0.25) is 0 Å². The third kappa shape index (κ3) is 2.47. The standard InChI is InChI=1S/C17H19N3.BrH/c1-19-9-10-20-16(12-19)15-7-3-2-5-13(15)11-14-6-4-8-18-17(14)20;/h2-8,16H,9-12H2,1H3;1H. The highest BCUT2D eigenvalue weighted by Crippen LogP contribution is 2.37. The van der Waals surface area contributed by atoms with Crippen molar-refractivity contribution in [2.24, 2.45) is 0 Å². The van der Waals surface area contributed by atoms with Crippen LogP contribution < -0.4 is 4.90 Å². The van der Waals surface area contributed by atoms with Crippen LogP contribution in [0.4, 0.5) is 5.82 Å². The predicted molar refractivity (Wildman–Crippen MR) is 91.4 cm³/mol. The van der Waals surface area contributed by atoms with Crippen molar-refractivity contribution in [3.05, 3.63) is 59.3 Å². The molecule has 2 aliphatic rings. The van der Waals surface area contributed by atoms with Gasteiger partial charge < -0.3 is 9.80 Å². The van der Waals surface area contributed by atoms with E-state index in [1.807, 2.05) is 6.20 Å². The Hall–Kier alpha value is -1.39. The van der Waals surface area contributed by atoms with Crippen molar-refractivity contribution in [3.8, 4) is 0 Å². The summed E-state index contributed by atoms with van der Waals surface area (Å²) >= 11 is 0. The molecule has 3 nitrogen and oxygen atoms in total. The molecule has 4 heteroatoms. The zero-order valence-corrected chi connectivity index (χ0v) is 13.9. The quantitative estimate of drug-likeness (QED) is 0.731. The minimum absolute atomic E-state index is 0. The Bertz CT molecular complexity index is 643. The second-order valence-corrected chi connectivity index (χ2v) is 5.83. The van der Waals surface area contributed by atoms with E-state index in [4.69, 9.17) is 0 Å². The molecule has 0 bridgehead atoms. The third-order valence-electron chi connectivity index (χ3n) is 4.52. The van der Waals surface area contributed by atoms with E-state index in [9.17, 15) is 0 Å². The lowest BCUT2D eigenvalue weighted by Crippen LogP contribution is -2.47. The Morgan fingerprint density at radius 1 is 1.05 bits per heavy atom. The van der Waals surface area contributed by atoms with Crippen LogP contribution in [0.3, 0.4) is 0 Å². The van der Waals surface area contributed by atoms with Crippen molar-refractivity contribution in [2.45, 2.75) is 12.5 Å². The van der Waals surface area contributed by atoms with E-state index in [2.05, 4.69) is 58.2 Å². The lowest BCUT2D eigenvalue weighted by molar-refractivity contribution is 0.268. The monoisotopic (exact) mass is 345 g/mol. The maximum atomic E-state index is 4.68. The van der Waals surface area contributed by atoms with Gasteiger partial charge in [-0.3, -0.25) is 0 Å². The van der Waals surface area contributed by atoms with Gasteiger partial charge >= 0.3 is 0 Å². The van der Waals surface area contributed by atoms with Crippen LogP contribution in [0.5, 0.6) is 0 Å². The van der Waals surface area contributed by atoms with Gasteiger partial charge in [0.15, 0.2) is 0 Å². The Balaban J connectivity index is 0.00000132. The highest BCUT2D eigenvalue weighted by atomic mass is 79.9. The van der Waals surface area contributed by atoms with E-state index >= 15 is 0 Å². The largest absolute Gasteiger partial charge is 0.347 e. The van der Waals surface area contributed by atoms with E-state index in [1.165, 1.54) is 22.5 Å². The molecular weight excluding hydrogens is 326 g/mol. The van der Waals surface area contributed by atoms with Gasteiger partial charge in [0.05, 0.1) is 6.04 Å². The molecule has 2 aliphatic heterocycles. The van der Waals surface area contributed by atoms with Crippen LogP contribution in [0, 0.1) is 0 Å². The summed E-state index contributed by atoms with van der Waals surface area (Å²) in [5.74, 6) is 1.18. The van der Waals surface area contributed by atoms with Gasteiger partial charge in [-0.2, -0.15) is 0 Å². The van der Waals surface area contributed by atoms with Crippen LogP contribution in [0.1, 0.15) is 22.7 Å². The average Bonchev–Trinajstić information content (AvgIpc) is 2.61. The van der Waals surface area contributed by atoms with Gasteiger partial charge in [-0.25, -0.2) is 4.98 Å². The number of hydrogen-bond acceptors (Lipinski definition) is 3. The van der Waals surface area contributed by atoms with Gasteiger partial charge in [0.25, 0.3) is 0 Å². The zero-order chi connectivity index (χ0) is 13.5. The molecule has 21 heavy (non-hydrogen) atoms. The maximum Gasteiger partial charge on any atom is 0.132 e. The van der Waals surface area contributed by atoms with E-state index in [0.717, 1.165) is 26.1 Å². The van der Waals surface area contributed by atoms with Gasteiger partial charge in [0.2, 0.25) is 0 Å². The predicted octanol–water partition coefficient (Wildman–Crippen LogP) is 3.06. The van der Waals surface area contributed by atoms with Crippen LogP contribution in [-0.4, -0.2) is 36.6 Å². The highest BCUT2D eigenvalue weighted by molar-refractivity contribution is 8.93. The lowest BCUT2D eigenvalue weighted by Gasteiger charge is -2.41. The Kier molecular flexibility index (Phi) is 4.00. The van der Waals surface area contributed by atoms with Gasteiger partial charge in [0, 0.05) is 32.3 Å². The van der Waals surface area contributed by atoms with Crippen molar-refractivity contribution >= 4 is 22.8 Å². The maximum absolute atomic E-state index is 4.68. The number of aromatic nitrogens is 1. The number of halogens is 1. The lowest BCUT2D eigenvalue weighted by atomic mass is 9.96. The van der Waals surface area contributed by atoms with Crippen LogP contribution >= 0.6 is 17.0 Å². The van der Waals surface area contributed by atoms with Crippen LogP contribution in [-0.2, 0) is 6.42 Å². The molecule has 1 saturated heterocycles. The molecule has 1 aromatic heterocycles. The molecule has 0 amide bonds.